The average Bonchev–Trinajstić information content (AvgIpc) is 2.94. The molecule has 0 aromatic heterocycles. The largest absolute Gasteiger partial charge is 0.338 e. The number of carbonyl (C=O) groups is 1. The van der Waals surface area contributed by atoms with Crippen molar-refractivity contribution in [3.05, 3.63) is 0 Å². The number of amides is 1. The fraction of sp³-hybridized carbons (Fsp3) is 0.833. The van der Waals surface area contributed by atoms with Crippen molar-refractivity contribution < 1.29 is 4.79 Å². The van der Waals surface area contributed by atoms with Crippen LogP contribution in [0.3, 0.4) is 0 Å². The lowest BCUT2D eigenvalue weighted by molar-refractivity contribution is -0.135. The van der Waals surface area contributed by atoms with E-state index in [0.29, 0.717) is 24.9 Å². The number of hydrogen-bond acceptors (Lipinski definition) is 2. The van der Waals surface area contributed by atoms with E-state index in [2.05, 4.69) is 6.07 Å². The van der Waals surface area contributed by atoms with Gasteiger partial charge in [-0.2, -0.15) is 5.26 Å². The molecule has 0 atom stereocenters. The standard InChI is InChI=1S/C12H18N2O/c13-8-3-9-14(11-6-7-11)12(15)10-4-1-2-5-10/h10-11H,1-7,9H2. The summed E-state index contributed by atoms with van der Waals surface area (Å²) in [5, 5.41) is 8.58. The van der Waals surface area contributed by atoms with E-state index in [4.69, 9.17) is 5.26 Å². The van der Waals surface area contributed by atoms with E-state index in [9.17, 15) is 4.79 Å². The normalized spacial score (nSPS) is 21.3. The lowest BCUT2D eigenvalue weighted by atomic mass is 10.1. The minimum absolute atomic E-state index is 0.268. The second-order valence-electron chi connectivity index (χ2n) is 4.65. The van der Waals surface area contributed by atoms with Gasteiger partial charge in [0, 0.05) is 18.5 Å². The molecule has 0 radical (unpaired) electrons. The smallest absolute Gasteiger partial charge is 0.225 e. The summed E-state index contributed by atoms with van der Waals surface area (Å²) in [4.78, 5) is 14.1. The van der Waals surface area contributed by atoms with E-state index >= 15 is 0 Å². The van der Waals surface area contributed by atoms with Crippen LogP contribution < -0.4 is 0 Å². The van der Waals surface area contributed by atoms with E-state index in [1.807, 2.05) is 4.90 Å². The molecule has 3 heteroatoms. The number of carbonyl (C=O) groups excluding carboxylic acids is 1. The molecule has 1 amide bonds. The first-order valence-electron chi connectivity index (χ1n) is 6.00. The Morgan fingerprint density at radius 3 is 2.47 bits per heavy atom. The molecule has 0 bridgehead atoms. The van der Waals surface area contributed by atoms with Gasteiger partial charge in [0.05, 0.1) is 12.5 Å². The van der Waals surface area contributed by atoms with Crippen LogP contribution in [0.25, 0.3) is 0 Å². The first kappa shape index (κ1) is 10.5. The Balaban J connectivity index is 1.91. The van der Waals surface area contributed by atoms with Crippen LogP contribution in [-0.2, 0) is 4.79 Å². The second kappa shape index (κ2) is 4.65. The molecule has 0 aromatic rings. The van der Waals surface area contributed by atoms with Gasteiger partial charge in [0.1, 0.15) is 0 Å². The van der Waals surface area contributed by atoms with Gasteiger partial charge in [0.25, 0.3) is 0 Å². The molecule has 2 saturated carbocycles. The average molecular weight is 206 g/mol. The van der Waals surface area contributed by atoms with Crippen LogP contribution in [0, 0.1) is 17.2 Å². The summed E-state index contributed by atoms with van der Waals surface area (Å²) in [6.07, 6.45) is 7.30. The van der Waals surface area contributed by atoms with Crippen molar-refractivity contribution in [2.45, 2.75) is 51.0 Å². The Morgan fingerprint density at radius 1 is 1.27 bits per heavy atom. The Morgan fingerprint density at radius 2 is 1.93 bits per heavy atom. The van der Waals surface area contributed by atoms with Gasteiger partial charge in [0.2, 0.25) is 5.91 Å². The fourth-order valence-electron chi connectivity index (χ4n) is 2.44. The monoisotopic (exact) mass is 206 g/mol. The van der Waals surface area contributed by atoms with E-state index < -0.39 is 0 Å². The molecule has 0 heterocycles. The first-order chi connectivity index (χ1) is 7.33. The zero-order valence-corrected chi connectivity index (χ0v) is 9.11. The van der Waals surface area contributed by atoms with Crippen LogP contribution in [0.15, 0.2) is 0 Å². The summed E-state index contributed by atoms with van der Waals surface area (Å²) in [6, 6.07) is 2.60. The van der Waals surface area contributed by atoms with Gasteiger partial charge in [-0.3, -0.25) is 4.79 Å². The Labute approximate surface area is 91.1 Å². The van der Waals surface area contributed by atoms with Crippen molar-refractivity contribution in [1.82, 2.24) is 4.90 Å². The molecule has 0 aromatic carbocycles. The van der Waals surface area contributed by atoms with Gasteiger partial charge in [-0.05, 0) is 25.7 Å². The summed E-state index contributed by atoms with van der Waals surface area (Å²) < 4.78 is 0. The van der Waals surface area contributed by atoms with E-state index in [1.165, 1.54) is 12.8 Å². The highest BCUT2D eigenvalue weighted by Gasteiger charge is 2.36. The lowest BCUT2D eigenvalue weighted by Gasteiger charge is -2.24. The van der Waals surface area contributed by atoms with Crippen LogP contribution in [-0.4, -0.2) is 23.4 Å². The van der Waals surface area contributed by atoms with Crippen molar-refractivity contribution in [2.75, 3.05) is 6.54 Å². The van der Waals surface area contributed by atoms with Gasteiger partial charge in [-0.25, -0.2) is 0 Å². The Bertz CT molecular complexity index is 272. The first-order valence-corrected chi connectivity index (χ1v) is 6.00. The van der Waals surface area contributed by atoms with E-state index in [-0.39, 0.29) is 5.92 Å². The van der Waals surface area contributed by atoms with Crippen molar-refractivity contribution >= 4 is 5.91 Å². The van der Waals surface area contributed by atoms with Gasteiger partial charge >= 0.3 is 0 Å². The van der Waals surface area contributed by atoms with Crippen LogP contribution in [0.4, 0.5) is 0 Å². The number of rotatable bonds is 4. The Kier molecular flexibility index (Phi) is 3.25. The molecule has 0 aliphatic heterocycles. The molecule has 0 saturated heterocycles. The molecule has 2 aliphatic carbocycles. The maximum atomic E-state index is 12.1. The van der Waals surface area contributed by atoms with Crippen molar-refractivity contribution in [2.24, 2.45) is 5.92 Å². The van der Waals surface area contributed by atoms with Crippen molar-refractivity contribution in [1.29, 1.82) is 5.26 Å². The molecule has 0 spiro atoms. The molecular formula is C12H18N2O. The fourth-order valence-corrected chi connectivity index (χ4v) is 2.44. The highest BCUT2D eigenvalue weighted by Crippen LogP contribution is 2.32. The molecule has 2 rings (SSSR count). The molecule has 15 heavy (non-hydrogen) atoms. The SMILES string of the molecule is N#CCCN(C(=O)C1CCCC1)C1CC1. The molecule has 0 unspecified atom stereocenters. The topological polar surface area (TPSA) is 44.1 Å². The summed E-state index contributed by atoms with van der Waals surface area (Å²) in [5.41, 5.74) is 0. The van der Waals surface area contributed by atoms with Gasteiger partial charge in [-0.15, -0.1) is 0 Å². The van der Waals surface area contributed by atoms with Crippen molar-refractivity contribution in [3.63, 3.8) is 0 Å². The van der Waals surface area contributed by atoms with Gasteiger partial charge in [0.15, 0.2) is 0 Å². The molecule has 82 valence electrons. The third-order valence-corrected chi connectivity index (χ3v) is 3.44. The van der Waals surface area contributed by atoms with Gasteiger partial charge in [-0.1, -0.05) is 12.8 Å². The third-order valence-electron chi connectivity index (χ3n) is 3.44. The predicted molar refractivity (Wildman–Crippen MR) is 56.9 cm³/mol. The van der Waals surface area contributed by atoms with Gasteiger partial charge < -0.3 is 4.90 Å². The number of nitriles is 1. The third kappa shape index (κ3) is 2.50. The summed E-state index contributed by atoms with van der Waals surface area (Å²) >= 11 is 0. The van der Waals surface area contributed by atoms with E-state index in [0.717, 1.165) is 25.7 Å². The highest BCUT2D eigenvalue weighted by molar-refractivity contribution is 5.79. The van der Waals surface area contributed by atoms with Crippen LogP contribution in [0.5, 0.6) is 0 Å². The summed E-state index contributed by atoms with van der Waals surface area (Å²) in [7, 11) is 0. The zero-order chi connectivity index (χ0) is 10.7. The molecule has 3 nitrogen and oxygen atoms in total. The molecule has 0 N–H and O–H groups in total. The lowest BCUT2D eigenvalue weighted by Crippen LogP contribution is -2.37. The zero-order valence-electron chi connectivity index (χ0n) is 9.11. The predicted octanol–water partition coefficient (Wildman–Crippen LogP) is 2.08. The van der Waals surface area contributed by atoms with Crippen LogP contribution in [0.1, 0.15) is 44.9 Å². The minimum Gasteiger partial charge on any atom is -0.338 e. The maximum absolute atomic E-state index is 12.1. The molecule has 2 aliphatic rings. The minimum atomic E-state index is 0.268. The number of hydrogen-bond donors (Lipinski definition) is 0. The quantitative estimate of drug-likeness (QED) is 0.707. The summed E-state index contributed by atoms with van der Waals surface area (Å²) in [5.74, 6) is 0.592. The maximum Gasteiger partial charge on any atom is 0.225 e. The van der Waals surface area contributed by atoms with Crippen LogP contribution >= 0.6 is 0 Å². The highest BCUT2D eigenvalue weighted by atomic mass is 16.2. The number of nitrogens with zero attached hydrogens (tertiary/aromatic N) is 2. The van der Waals surface area contributed by atoms with Crippen molar-refractivity contribution in [3.8, 4) is 6.07 Å². The van der Waals surface area contributed by atoms with E-state index in [1.54, 1.807) is 0 Å². The summed E-state index contributed by atoms with van der Waals surface area (Å²) in [6.45, 7) is 0.649. The molecule has 2 fully saturated rings. The second-order valence-corrected chi connectivity index (χ2v) is 4.65. The van der Waals surface area contributed by atoms with Crippen LogP contribution in [0.2, 0.25) is 0 Å². The Hall–Kier alpha value is -1.04. The molecular weight excluding hydrogens is 188 g/mol.